The summed E-state index contributed by atoms with van der Waals surface area (Å²) in [7, 11) is 0. The quantitative estimate of drug-likeness (QED) is 0.525. The lowest BCUT2D eigenvalue weighted by atomic mass is 10.1. The first-order valence-corrected chi connectivity index (χ1v) is 7.21. The van der Waals surface area contributed by atoms with Crippen LogP contribution in [0.1, 0.15) is 31.7 Å². The molecule has 0 saturated carbocycles. The molecule has 0 spiro atoms. The average Bonchev–Trinajstić information content (AvgIpc) is 2.45. The summed E-state index contributed by atoms with van der Waals surface area (Å²) >= 11 is 0. The van der Waals surface area contributed by atoms with Crippen molar-refractivity contribution in [1.29, 1.82) is 0 Å². The average molecular weight is 324 g/mol. The van der Waals surface area contributed by atoms with Gasteiger partial charge in [-0.25, -0.2) is 0 Å². The van der Waals surface area contributed by atoms with Gasteiger partial charge in [-0.05, 0) is 31.0 Å². The van der Waals surface area contributed by atoms with Crippen LogP contribution in [0.5, 0.6) is 5.75 Å². The zero-order chi connectivity index (χ0) is 17.2. The fourth-order valence-corrected chi connectivity index (χ4v) is 1.80. The first-order valence-electron chi connectivity index (χ1n) is 7.21. The number of carboxylic acid groups (broad SMARTS) is 1. The van der Waals surface area contributed by atoms with E-state index in [1.165, 1.54) is 19.1 Å². The van der Waals surface area contributed by atoms with Crippen LogP contribution in [0.25, 0.3) is 0 Å². The third-order valence-electron chi connectivity index (χ3n) is 2.87. The number of benzene rings is 1. The van der Waals surface area contributed by atoms with Crippen LogP contribution in [-0.2, 0) is 30.3 Å². The van der Waals surface area contributed by atoms with Gasteiger partial charge in [0, 0.05) is 6.42 Å². The van der Waals surface area contributed by atoms with Gasteiger partial charge in [-0.15, -0.1) is 0 Å². The van der Waals surface area contributed by atoms with E-state index in [-0.39, 0.29) is 31.6 Å². The van der Waals surface area contributed by atoms with Crippen LogP contribution in [0.3, 0.4) is 0 Å². The predicted molar refractivity (Wildman–Crippen MR) is 79.8 cm³/mol. The van der Waals surface area contributed by atoms with E-state index in [1.54, 1.807) is 12.1 Å². The number of hydrogen-bond acceptors (Lipinski definition) is 6. The van der Waals surface area contributed by atoms with Gasteiger partial charge in [0.2, 0.25) is 0 Å². The van der Waals surface area contributed by atoms with E-state index in [0.29, 0.717) is 6.42 Å². The van der Waals surface area contributed by atoms with Gasteiger partial charge < -0.3 is 19.7 Å². The molecule has 0 radical (unpaired) electrons. The van der Waals surface area contributed by atoms with Crippen molar-refractivity contribution in [2.75, 3.05) is 6.61 Å². The molecule has 0 saturated heterocycles. The van der Waals surface area contributed by atoms with Crippen molar-refractivity contribution in [3.8, 4) is 5.75 Å². The number of ether oxygens (including phenoxy) is 2. The monoisotopic (exact) mass is 324 g/mol. The highest BCUT2D eigenvalue weighted by molar-refractivity contribution is 5.73. The molecule has 0 heterocycles. The highest BCUT2D eigenvalue weighted by atomic mass is 16.5. The molecule has 1 atom stereocenters. The van der Waals surface area contributed by atoms with Gasteiger partial charge >= 0.3 is 17.9 Å². The van der Waals surface area contributed by atoms with Gasteiger partial charge in [0.1, 0.15) is 11.9 Å². The van der Waals surface area contributed by atoms with Crippen molar-refractivity contribution in [2.45, 2.75) is 38.7 Å². The van der Waals surface area contributed by atoms with Crippen LogP contribution in [-0.4, -0.2) is 40.8 Å². The summed E-state index contributed by atoms with van der Waals surface area (Å²) in [6, 6.07) is 6.21. The minimum atomic E-state index is -1.03. The maximum Gasteiger partial charge on any atom is 0.310 e. The molecule has 1 unspecified atom stereocenters. The minimum absolute atomic E-state index is 0.0520. The van der Waals surface area contributed by atoms with Gasteiger partial charge in [-0.3, -0.25) is 14.4 Å². The number of hydrogen-bond donors (Lipinski definition) is 2. The second kappa shape index (κ2) is 9.45. The molecule has 0 bridgehead atoms. The number of aromatic hydroxyl groups is 1. The molecule has 7 nitrogen and oxygen atoms in total. The van der Waals surface area contributed by atoms with Crippen molar-refractivity contribution in [1.82, 2.24) is 0 Å². The summed E-state index contributed by atoms with van der Waals surface area (Å²) in [5, 5.41) is 17.7. The number of rotatable bonds is 9. The standard InChI is InChI=1S/C16H20O7/c1-11(9-14(18)19)23-15(20)3-2-8-22-16(21)10-12-4-6-13(17)7-5-12/h4-7,11,17H,2-3,8-10H2,1H3,(H,18,19). The Morgan fingerprint density at radius 1 is 1.13 bits per heavy atom. The molecular weight excluding hydrogens is 304 g/mol. The van der Waals surface area contributed by atoms with E-state index in [0.717, 1.165) is 5.56 Å². The Morgan fingerprint density at radius 3 is 2.39 bits per heavy atom. The van der Waals surface area contributed by atoms with Crippen LogP contribution in [0.2, 0.25) is 0 Å². The van der Waals surface area contributed by atoms with Crippen molar-refractivity contribution >= 4 is 17.9 Å². The molecule has 7 heteroatoms. The summed E-state index contributed by atoms with van der Waals surface area (Å²) in [5.74, 6) is -1.86. The number of carboxylic acids is 1. The molecule has 1 aromatic carbocycles. The van der Waals surface area contributed by atoms with Gasteiger partial charge in [-0.2, -0.15) is 0 Å². The van der Waals surface area contributed by atoms with E-state index >= 15 is 0 Å². The van der Waals surface area contributed by atoms with Gasteiger partial charge in [-0.1, -0.05) is 12.1 Å². The Labute approximate surface area is 133 Å². The number of esters is 2. The molecule has 0 fully saturated rings. The Hall–Kier alpha value is -2.57. The van der Waals surface area contributed by atoms with E-state index in [9.17, 15) is 14.4 Å². The van der Waals surface area contributed by atoms with Crippen molar-refractivity contribution < 1.29 is 34.1 Å². The maximum absolute atomic E-state index is 11.6. The number of phenolic OH excluding ortho intramolecular Hbond substituents is 1. The molecule has 0 aliphatic rings. The highest BCUT2D eigenvalue weighted by Crippen LogP contribution is 2.10. The zero-order valence-electron chi connectivity index (χ0n) is 12.9. The molecule has 0 aliphatic heterocycles. The summed E-state index contributed by atoms with van der Waals surface area (Å²) in [6.45, 7) is 1.59. The SMILES string of the molecule is CC(CC(=O)O)OC(=O)CCCOC(=O)Cc1ccc(O)cc1. The molecule has 2 N–H and O–H groups in total. The molecule has 23 heavy (non-hydrogen) atoms. The van der Waals surface area contributed by atoms with E-state index < -0.39 is 24.0 Å². The summed E-state index contributed by atoms with van der Waals surface area (Å²) in [4.78, 5) is 33.4. The zero-order valence-corrected chi connectivity index (χ0v) is 12.9. The molecule has 0 aromatic heterocycles. The van der Waals surface area contributed by atoms with E-state index in [2.05, 4.69) is 0 Å². The molecule has 1 aromatic rings. The van der Waals surface area contributed by atoms with Crippen LogP contribution in [0.4, 0.5) is 0 Å². The number of aliphatic carboxylic acids is 1. The number of carbonyl (C=O) groups is 3. The Bertz CT molecular complexity index is 536. The lowest BCUT2D eigenvalue weighted by Crippen LogP contribution is -2.18. The summed E-state index contributed by atoms with van der Waals surface area (Å²) < 4.78 is 9.88. The highest BCUT2D eigenvalue weighted by Gasteiger charge is 2.13. The van der Waals surface area contributed by atoms with Gasteiger partial charge in [0.15, 0.2) is 0 Å². The maximum atomic E-state index is 11.6. The normalized spacial score (nSPS) is 11.5. The van der Waals surface area contributed by atoms with Crippen LogP contribution < -0.4 is 0 Å². The predicted octanol–water partition coefficient (Wildman–Crippen LogP) is 1.66. The number of carbonyl (C=O) groups excluding carboxylic acids is 2. The fraction of sp³-hybridized carbons (Fsp3) is 0.438. The molecule has 1 rings (SSSR count). The molecule has 126 valence electrons. The van der Waals surface area contributed by atoms with Crippen molar-refractivity contribution in [3.63, 3.8) is 0 Å². The number of phenols is 1. The fourth-order valence-electron chi connectivity index (χ4n) is 1.80. The Kier molecular flexibility index (Phi) is 7.59. The van der Waals surface area contributed by atoms with Crippen molar-refractivity contribution in [3.05, 3.63) is 29.8 Å². The summed E-state index contributed by atoms with van der Waals surface area (Å²) in [5.41, 5.74) is 0.717. The van der Waals surface area contributed by atoms with Crippen molar-refractivity contribution in [2.24, 2.45) is 0 Å². The third-order valence-corrected chi connectivity index (χ3v) is 2.87. The second-order valence-corrected chi connectivity index (χ2v) is 5.07. The lowest BCUT2D eigenvalue weighted by molar-refractivity contribution is -0.153. The Balaban J connectivity index is 2.16. The van der Waals surface area contributed by atoms with Gasteiger partial charge in [0.25, 0.3) is 0 Å². The Morgan fingerprint density at radius 2 is 1.78 bits per heavy atom. The molecule has 0 aliphatic carbocycles. The minimum Gasteiger partial charge on any atom is -0.508 e. The first kappa shape index (κ1) is 18.5. The van der Waals surface area contributed by atoms with Gasteiger partial charge in [0.05, 0.1) is 19.4 Å². The van der Waals surface area contributed by atoms with Crippen LogP contribution in [0, 0.1) is 0 Å². The largest absolute Gasteiger partial charge is 0.508 e. The smallest absolute Gasteiger partial charge is 0.310 e. The lowest BCUT2D eigenvalue weighted by Gasteiger charge is -2.11. The second-order valence-electron chi connectivity index (χ2n) is 5.07. The summed E-state index contributed by atoms with van der Waals surface area (Å²) in [6.07, 6.45) is -0.485. The van der Waals surface area contributed by atoms with E-state index in [4.69, 9.17) is 19.7 Å². The topological polar surface area (TPSA) is 110 Å². The van der Waals surface area contributed by atoms with E-state index in [1.807, 2.05) is 0 Å². The third kappa shape index (κ3) is 8.45. The molecular formula is C16H20O7. The molecule has 0 amide bonds. The first-order chi connectivity index (χ1) is 10.9. The van der Waals surface area contributed by atoms with Crippen LogP contribution >= 0.6 is 0 Å². The van der Waals surface area contributed by atoms with Crippen LogP contribution in [0.15, 0.2) is 24.3 Å².